The van der Waals surface area contributed by atoms with Crippen molar-refractivity contribution in [1.29, 1.82) is 0 Å². The molecule has 0 unspecified atom stereocenters. The van der Waals surface area contributed by atoms with E-state index in [9.17, 15) is 14.9 Å². The topological polar surface area (TPSA) is 103 Å². The van der Waals surface area contributed by atoms with E-state index in [1.807, 2.05) is 29.2 Å². The molecule has 1 aliphatic rings. The summed E-state index contributed by atoms with van der Waals surface area (Å²) in [5.41, 5.74) is 0.117. The lowest BCUT2D eigenvalue weighted by Crippen LogP contribution is -2.46. The van der Waals surface area contributed by atoms with E-state index in [0.29, 0.717) is 30.4 Å². The van der Waals surface area contributed by atoms with E-state index < -0.39 is 11.0 Å². The third-order valence-corrected chi connectivity index (χ3v) is 4.75. The van der Waals surface area contributed by atoms with E-state index in [1.54, 1.807) is 14.0 Å². The Labute approximate surface area is 168 Å². The zero-order valence-electron chi connectivity index (χ0n) is 16.5. The first-order valence-electron chi connectivity index (χ1n) is 9.11. The maximum Gasteiger partial charge on any atom is 0.271 e. The number of hydrogen-bond acceptors (Lipinski definition) is 7. The summed E-state index contributed by atoms with van der Waals surface area (Å²) in [6.45, 7) is 2.60. The third-order valence-electron chi connectivity index (χ3n) is 4.75. The highest BCUT2D eigenvalue weighted by molar-refractivity contribution is 5.96. The van der Waals surface area contributed by atoms with Gasteiger partial charge in [-0.15, -0.1) is 0 Å². The van der Waals surface area contributed by atoms with Crippen molar-refractivity contribution >= 4 is 17.3 Å². The number of amides is 1. The largest absolute Gasteiger partial charge is 0.495 e. The molecule has 2 aromatic carbocycles. The summed E-state index contributed by atoms with van der Waals surface area (Å²) in [5.74, 6) is 1.41. The van der Waals surface area contributed by atoms with E-state index in [4.69, 9.17) is 14.2 Å². The van der Waals surface area contributed by atoms with Crippen LogP contribution in [-0.4, -0.2) is 55.2 Å². The minimum atomic E-state index is -0.525. The SMILES string of the molecule is COc1ccc([N+](=O)[O-])cc1NC(=O)[C@H](C)N(C)C[C@@H]1COc2ccccc2O1. The Bertz CT molecular complexity index is 904. The van der Waals surface area contributed by atoms with E-state index in [1.165, 1.54) is 25.3 Å². The summed E-state index contributed by atoms with van der Waals surface area (Å²) in [5, 5.41) is 13.7. The first-order valence-corrected chi connectivity index (χ1v) is 9.11. The van der Waals surface area contributed by atoms with Gasteiger partial charge in [-0.3, -0.25) is 19.8 Å². The molecule has 1 amide bonds. The van der Waals surface area contributed by atoms with Crippen molar-refractivity contribution in [2.24, 2.45) is 0 Å². The molecule has 1 heterocycles. The number of fused-ring (bicyclic) bond motifs is 1. The van der Waals surface area contributed by atoms with Gasteiger partial charge in [0.2, 0.25) is 5.91 Å². The second-order valence-electron chi connectivity index (χ2n) is 6.74. The van der Waals surface area contributed by atoms with Crippen LogP contribution in [0, 0.1) is 10.1 Å². The van der Waals surface area contributed by atoms with Gasteiger partial charge >= 0.3 is 0 Å². The van der Waals surface area contributed by atoms with Gasteiger partial charge in [-0.2, -0.15) is 0 Å². The van der Waals surface area contributed by atoms with Crippen molar-refractivity contribution in [3.05, 3.63) is 52.6 Å². The first kappa shape index (κ1) is 20.4. The van der Waals surface area contributed by atoms with Gasteiger partial charge in [0.1, 0.15) is 18.5 Å². The predicted octanol–water partition coefficient (Wildman–Crippen LogP) is 2.70. The number of methoxy groups -OCH3 is 1. The number of nitro benzene ring substituents is 1. The van der Waals surface area contributed by atoms with Crippen molar-refractivity contribution in [1.82, 2.24) is 4.90 Å². The Balaban J connectivity index is 1.63. The molecule has 9 nitrogen and oxygen atoms in total. The zero-order valence-corrected chi connectivity index (χ0v) is 16.5. The van der Waals surface area contributed by atoms with Crippen LogP contribution >= 0.6 is 0 Å². The number of rotatable bonds is 7. The second-order valence-corrected chi connectivity index (χ2v) is 6.74. The highest BCUT2D eigenvalue weighted by Gasteiger charge is 2.26. The fourth-order valence-electron chi connectivity index (χ4n) is 2.98. The molecule has 0 bridgehead atoms. The van der Waals surface area contributed by atoms with Gasteiger partial charge in [0.15, 0.2) is 11.5 Å². The van der Waals surface area contributed by atoms with Crippen LogP contribution in [0.1, 0.15) is 6.92 Å². The van der Waals surface area contributed by atoms with Crippen LogP contribution in [0.5, 0.6) is 17.2 Å². The Hall–Kier alpha value is -3.33. The van der Waals surface area contributed by atoms with Crippen LogP contribution in [0.15, 0.2) is 42.5 Å². The highest BCUT2D eigenvalue weighted by atomic mass is 16.6. The Morgan fingerprint density at radius 2 is 2.07 bits per heavy atom. The van der Waals surface area contributed by atoms with Crippen LogP contribution in [0.4, 0.5) is 11.4 Å². The monoisotopic (exact) mass is 401 g/mol. The van der Waals surface area contributed by atoms with Gasteiger partial charge in [-0.25, -0.2) is 0 Å². The van der Waals surface area contributed by atoms with Crippen LogP contribution in [-0.2, 0) is 4.79 Å². The number of nitrogens with one attached hydrogen (secondary N) is 1. The van der Waals surface area contributed by atoms with Crippen LogP contribution in [0.2, 0.25) is 0 Å². The molecule has 1 N–H and O–H groups in total. The predicted molar refractivity (Wildman–Crippen MR) is 107 cm³/mol. The molecule has 0 radical (unpaired) electrons. The van der Waals surface area contributed by atoms with Crippen LogP contribution < -0.4 is 19.5 Å². The number of hydrogen-bond donors (Lipinski definition) is 1. The number of anilines is 1. The highest BCUT2D eigenvalue weighted by Crippen LogP contribution is 2.31. The molecule has 0 fully saturated rings. The van der Waals surface area contributed by atoms with Gasteiger partial charge in [0.05, 0.1) is 23.8 Å². The van der Waals surface area contributed by atoms with Gasteiger partial charge in [-0.05, 0) is 32.2 Å². The molecule has 0 saturated heterocycles. The number of ether oxygens (including phenoxy) is 3. The fourth-order valence-corrected chi connectivity index (χ4v) is 2.98. The Morgan fingerprint density at radius 3 is 2.76 bits per heavy atom. The van der Waals surface area contributed by atoms with Gasteiger partial charge in [0, 0.05) is 18.7 Å². The van der Waals surface area contributed by atoms with Gasteiger partial charge < -0.3 is 19.5 Å². The number of nitrogens with zero attached hydrogens (tertiary/aromatic N) is 2. The zero-order chi connectivity index (χ0) is 21.0. The summed E-state index contributed by atoms with van der Waals surface area (Å²) < 4.78 is 16.8. The van der Waals surface area contributed by atoms with Crippen molar-refractivity contribution in [2.75, 3.05) is 32.6 Å². The van der Waals surface area contributed by atoms with E-state index in [0.717, 1.165) is 0 Å². The molecule has 2 aromatic rings. The summed E-state index contributed by atoms with van der Waals surface area (Å²) >= 11 is 0. The van der Waals surface area contributed by atoms with E-state index >= 15 is 0 Å². The number of carbonyl (C=O) groups excluding carboxylic acids is 1. The lowest BCUT2D eigenvalue weighted by Gasteiger charge is -2.31. The summed E-state index contributed by atoms with van der Waals surface area (Å²) in [4.78, 5) is 25.0. The average molecular weight is 401 g/mol. The molecule has 0 aromatic heterocycles. The van der Waals surface area contributed by atoms with Gasteiger partial charge in [0.25, 0.3) is 5.69 Å². The van der Waals surface area contributed by atoms with Crippen molar-refractivity contribution in [2.45, 2.75) is 19.1 Å². The maximum absolute atomic E-state index is 12.7. The molecular weight excluding hydrogens is 378 g/mol. The van der Waals surface area contributed by atoms with Crippen molar-refractivity contribution in [3.8, 4) is 17.2 Å². The molecule has 3 rings (SSSR count). The quantitative estimate of drug-likeness (QED) is 0.562. The summed E-state index contributed by atoms with van der Waals surface area (Å²) in [6, 6.07) is 11.0. The summed E-state index contributed by atoms with van der Waals surface area (Å²) in [7, 11) is 3.24. The van der Waals surface area contributed by atoms with Crippen LogP contribution in [0.3, 0.4) is 0 Å². The number of para-hydroxylation sites is 2. The molecule has 0 spiro atoms. The van der Waals surface area contributed by atoms with E-state index in [-0.39, 0.29) is 23.4 Å². The van der Waals surface area contributed by atoms with Crippen molar-refractivity contribution in [3.63, 3.8) is 0 Å². The van der Waals surface area contributed by atoms with Crippen molar-refractivity contribution < 1.29 is 23.9 Å². The fraction of sp³-hybridized carbons (Fsp3) is 0.350. The number of carbonyl (C=O) groups is 1. The molecule has 0 aliphatic carbocycles. The standard InChI is InChI=1S/C20H23N3O6/c1-13(20(24)21-16-10-14(23(25)26)8-9-17(16)27-3)22(2)11-15-12-28-18-6-4-5-7-19(18)29-15/h4-10,13,15H,11-12H2,1-3H3,(H,21,24)/t13-,15+/m0/s1. The molecule has 29 heavy (non-hydrogen) atoms. The molecule has 0 saturated carbocycles. The minimum absolute atomic E-state index is 0.131. The number of benzene rings is 2. The number of nitro groups is 1. The lowest BCUT2D eigenvalue weighted by molar-refractivity contribution is -0.384. The van der Waals surface area contributed by atoms with E-state index in [2.05, 4.69) is 5.32 Å². The Morgan fingerprint density at radius 1 is 1.34 bits per heavy atom. The first-order chi connectivity index (χ1) is 13.9. The molecule has 1 aliphatic heterocycles. The molecule has 2 atom stereocenters. The molecule has 9 heteroatoms. The smallest absolute Gasteiger partial charge is 0.271 e. The number of likely N-dealkylation sites (N-methyl/N-ethyl adjacent to an activating group) is 1. The second kappa shape index (κ2) is 8.78. The average Bonchev–Trinajstić information content (AvgIpc) is 2.72. The van der Waals surface area contributed by atoms with Gasteiger partial charge in [-0.1, -0.05) is 12.1 Å². The number of non-ortho nitro benzene ring substituents is 1. The normalized spacial score (nSPS) is 16.2. The Kier molecular flexibility index (Phi) is 6.18. The molecule has 154 valence electrons. The van der Waals surface area contributed by atoms with Crippen LogP contribution in [0.25, 0.3) is 0 Å². The summed E-state index contributed by atoms with van der Waals surface area (Å²) in [6.07, 6.45) is -0.225. The molecular formula is C20H23N3O6. The third kappa shape index (κ3) is 4.75. The lowest BCUT2D eigenvalue weighted by atomic mass is 10.2. The maximum atomic E-state index is 12.7. The minimum Gasteiger partial charge on any atom is -0.495 e.